The van der Waals surface area contributed by atoms with E-state index in [1.807, 2.05) is 10.7 Å². The van der Waals surface area contributed by atoms with Gasteiger partial charge < -0.3 is 5.32 Å². The molecule has 1 fully saturated rings. The Morgan fingerprint density at radius 3 is 3.31 bits per heavy atom. The lowest BCUT2D eigenvalue weighted by molar-refractivity contribution is 0.352. The van der Waals surface area contributed by atoms with Crippen LogP contribution in [0.1, 0.15) is 19.3 Å². The number of piperidine rings is 1. The van der Waals surface area contributed by atoms with E-state index in [0.29, 0.717) is 6.04 Å². The standard InChI is InChI=1S/C11H15N5/c1-2-5-13-9(3-1)8-16-11-4-6-12-7-10(11)14-15-16/h4,6-7,9,13H,1-3,5,8H2. The van der Waals surface area contributed by atoms with Gasteiger partial charge in [0.25, 0.3) is 0 Å². The fourth-order valence-electron chi connectivity index (χ4n) is 2.25. The largest absolute Gasteiger partial charge is 0.312 e. The molecular formula is C11H15N5. The average Bonchev–Trinajstić information content (AvgIpc) is 2.74. The van der Waals surface area contributed by atoms with Crippen molar-refractivity contribution in [3.63, 3.8) is 0 Å². The van der Waals surface area contributed by atoms with Gasteiger partial charge in [0.15, 0.2) is 0 Å². The van der Waals surface area contributed by atoms with Gasteiger partial charge in [0, 0.05) is 12.2 Å². The van der Waals surface area contributed by atoms with Crippen molar-refractivity contribution >= 4 is 11.0 Å². The summed E-state index contributed by atoms with van der Waals surface area (Å²) in [7, 11) is 0. The normalized spacial score (nSPS) is 21.4. The molecule has 0 amide bonds. The van der Waals surface area contributed by atoms with Crippen molar-refractivity contribution in [2.24, 2.45) is 0 Å². The number of hydrogen-bond acceptors (Lipinski definition) is 4. The number of rotatable bonds is 2. The molecular weight excluding hydrogens is 202 g/mol. The van der Waals surface area contributed by atoms with Gasteiger partial charge in [0.05, 0.1) is 18.3 Å². The van der Waals surface area contributed by atoms with Crippen molar-refractivity contribution in [3.8, 4) is 0 Å². The Hall–Kier alpha value is -1.49. The van der Waals surface area contributed by atoms with Gasteiger partial charge in [-0.3, -0.25) is 4.98 Å². The Balaban J connectivity index is 1.83. The molecule has 5 nitrogen and oxygen atoms in total. The van der Waals surface area contributed by atoms with Crippen molar-refractivity contribution in [3.05, 3.63) is 18.5 Å². The second-order valence-corrected chi connectivity index (χ2v) is 4.28. The van der Waals surface area contributed by atoms with Gasteiger partial charge in [-0.1, -0.05) is 11.6 Å². The van der Waals surface area contributed by atoms with Crippen molar-refractivity contribution in [2.75, 3.05) is 6.54 Å². The van der Waals surface area contributed by atoms with Gasteiger partial charge in [-0.25, -0.2) is 4.68 Å². The highest BCUT2D eigenvalue weighted by molar-refractivity contribution is 5.72. The number of nitrogens with zero attached hydrogens (tertiary/aromatic N) is 4. The molecule has 0 aromatic carbocycles. The molecule has 1 unspecified atom stereocenters. The highest BCUT2D eigenvalue weighted by Gasteiger charge is 2.14. The van der Waals surface area contributed by atoms with Crippen LogP contribution in [0.4, 0.5) is 0 Å². The predicted molar refractivity (Wildman–Crippen MR) is 61.0 cm³/mol. The summed E-state index contributed by atoms with van der Waals surface area (Å²) >= 11 is 0. The molecule has 0 radical (unpaired) electrons. The fourth-order valence-corrected chi connectivity index (χ4v) is 2.25. The number of hydrogen-bond donors (Lipinski definition) is 1. The molecule has 0 bridgehead atoms. The van der Waals surface area contributed by atoms with Crippen LogP contribution in [0.25, 0.3) is 11.0 Å². The van der Waals surface area contributed by atoms with Crippen molar-refractivity contribution < 1.29 is 0 Å². The zero-order chi connectivity index (χ0) is 10.8. The quantitative estimate of drug-likeness (QED) is 0.814. The van der Waals surface area contributed by atoms with Crippen LogP contribution < -0.4 is 5.32 Å². The van der Waals surface area contributed by atoms with Gasteiger partial charge in [-0.05, 0) is 25.5 Å². The van der Waals surface area contributed by atoms with Crippen LogP contribution >= 0.6 is 0 Å². The molecule has 5 heteroatoms. The first-order chi connectivity index (χ1) is 7.93. The lowest BCUT2D eigenvalue weighted by Crippen LogP contribution is -2.37. The molecule has 1 aliphatic rings. The van der Waals surface area contributed by atoms with Crippen LogP contribution in [-0.4, -0.2) is 32.6 Å². The highest BCUT2D eigenvalue weighted by atomic mass is 15.4. The summed E-state index contributed by atoms with van der Waals surface area (Å²) in [5.74, 6) is 0. The molecule has 1 atom stereocenters. The topological polar surface area (TPSA) is 55.6 Å². The highest BCUT2D eigenvalue weighted by Crippen LogP contribution is 2.12. The monoisotopic (exact) mass is 217 g/mol. The maximum atomic E-state index is 4.18. The lowest BCUT2D eigenvalue weighted by Gasteiger charge is -2.23. The molecule has 0 aliphatic carbocycles. The molecule has 0 saturated carbocycles. The van der Waals surface area contributed by atoms with E-state index < -0.39 is 0 Å². The molecule has 0 spiro atoms. The van der Waals surface area contributed by atoms with E-state index in [2.05, 4.69) is 20.6 Å². The van der Waals surface area contributed by atoms with Crippen LogP contribution in [0.3, 0.4) is 0 Å². The van der Waals surface area contributed by atoms with Gasteiger partial charge in [-0.15, -0.1) is 5.10 Å². The van der Waals surface area contributed by atoms with Crippen LogP contribution in [0, 0.1) is 0 Å². The molecule has 2 aromatic rings. The molecule has 1 aliphatic heterocycles. The zero-order valence-corrected chi connectivity index (χ0v) is 9.13. The second-order valence-electron chi connectivity index (χ2n) is 4.28. The summed E-state index contributed by atoms with van der Waals surface area (Å²) < 4.78 is 1.97. The van der Waals surface area contributed by atoms with E-state index in [4.69, 9.17) is 0 Å². The molecule has 2 aromatic heterocycles. The second kappa shape index (κ2) is 4.17. The van der Waals surface area contributed by atoms with E-state index in [1.54, 1.807) is 12.4 Å². The van der Waals surface area contributed by atoms with E-state index in [0.717, 1.165) is 24.1 Å². The van der Waals surface area contributed by atoms with E-state index in [-0.39, 0.29) is 0 Å². The first-order valence-electron chi connectivity index (χ1n) is 5.80. The smallest absolute Gasteiger partial charge is 0.131 e. The molecule has 3 rings (SSSR count). The summed E-state index contributed by atoms with van der Waals surface area (Å²) in [6.07, 6.45) is 7.38. The van der Waals surface area contributed by atoms with Crippen LogP contribution in [0.5, 0.6) is 0 Å². The van der Waals surface area contributed by atoms with Crippen LogP contribution in [0.15, 0.2) is 18.5 Å². The molecule has 1 saturated heterocycles. The third-order valence-electron chi connectivity index (χ3n) is 3.12. The van der Waals surface area contributed by atoms with Gasteiger partial charge >= 0.3 is 0 Å². The molecule has 16 heavy (non-hydrogen) atoms. The van der Waals surface area contributed by atoms with Gasteiger partial charge in [0.2, 0.25) is 0 Å². The Kier molecular flexibility index (Phi) is 2.53. The van der Waals surface area contributed by atoms with Gasteiger partial charge in [0.1, 0.15) is 5.52 Å². The van der Waals surface area contributed by atoms with Crippen LogP contribution in [0.2, 0.25) is 0 Å². The Morgan fingerprint density at radius 1 is 1.44 bits per heavy atom. The molecule has 84 valence electrons. The van der Waals surface area contributed by atoms with E-state index in [9.17, 15) is 0 Å². The minimum Gasteiger partial charge on any atom is -0.312 e. The minimum atomic E-state index is 0.534. The lowest BCUT2D eigenvalue weighted by atomic mass is 10.1. The third-order valence-corrected chi connectivity index (χ3v) is 3.12. The summed E-state index contributed by atoms with van der Waals surface area (Å²) in [5.41, 5.74) is 1.95. The fraction of sp³-hybridized carbons (Fsp3) is 0.545. The van der Waals surface area contributed by atoms with Gasteiger partial charge in [-0.2, -0.15) is 0 Å². The average molecular weight is 217 g/mol. The van der Waals surface area contributed by atoms with E-state index in [1.165, 1.54) is 19.3 Å². The molecule has 3 heterocycles. The number of pyridine rings is 1. The number of aromatic nitrogens is 4. The Labute approximate surface area is 93.9 Å². The summed E-state index contributed by atoms with van der Waals surface area (Å²) in [4.78, 5) is 4.04. The van der Waals surface area contributed by atoms with E-state index >= 15 is 0 Å². The predicted octanol–water partition coefficient (Wildman–Crippen LogP) is 0.968. The maximum absolute atomic E-state index is 4.18. The summed E-state index contributed by atoms with van der Waals surface area (Å²) in [6, 6.07) is 2.50. The summed E-state index contributed by atoms with van der Waals surface area (Å²) in [5, 5.41) is 11.8. The third kappa shape index (κ3) is 1.78. The first-order valence-corrected chi connectivity index (χ1v) is 5.80. The van der Waals surface area contributed by atoms with Crippen molar-refractivity contribution in [1.29, 1.82) is 0 Å². The number of nitrogens with one attached hydrogen (secondary N) is 1. The maximum Gasteiger partial charge on any atom is 0.131 e. The Morgan fingerprint density at radius 2 is 2.44 bits per heavy atom. The summed E-state index contributed by atoms with van der Waals surface area (Å²) in [6.45, 7) is 2.03. The van der Waals surface area contributed by atoms with Crippen molar-refractivity contribution in [2.45, 2.75) is 31.8 Å². The SMILES string of the molecule is c1cc2c(cn1)nnn2CC1CCCCN1. The molecule has 1 N–H and O–H groups in total. The van der Waals surface area contributed by atoms with Crippen LogP contribution in [-0.2, 0) is 6.54 Å². The Bertz CT molecular complexity index is 472. The number of fused-ring (bicyclic) bond motifs is 1. The van der Waals surface area contributed by atoms with Crippen molar-refractivity contribution in [1.82, 2.24) is 25.3 Å². The zero-order valence-electron chi connectivity index (χ0n) is 9.13. The minimum absolute atomic E-state index is 0.534. The first kappa shape index (κ1) is 9.72.